The summed E-state index contributed by atoms with van der Waals surface area (Å²) in [6.45, 7) is 7.68. The lowest BCUT2D eigenvalue weighted by atomic mass is 10.1. The Bertz CT molecular complexity index is 709. The van der Waals surface area contributed by atoms with Crippen LogP contribution < -0.4 is 9.47 Å². The van der Waals surface area contributed by atoms with Gasteiger partial charge in [-0.3, -0.25) is 0 Å². The molecule has 2 rings (SSSR count). The molecule has 152 valence electrons. The SMILES string of the molecule is CCCCCOc1ccccc1OC(=O)c1ccc(C(C)OCCCC)cc1. The molecule has 0 aliphatic rings. The fourth-order valence-electron chi connectivity index (χ4n) is 2.74. The summed E-state index contributed by atoms with van der Waals surface area (Å²) in [6, 6.07) is 14.7. The van der Waals surface area contributed by atoms with Gasteiger partial charge < -0.3 is 14.2 Å². The van der Waals surface area contributed by atoms with Crippen molar-refractivity contribution in [2.45, 2.75) is 59.0 Å². The summed E-state index contributed by atoms with van der Waals surface area (Å²) >= 11 is 0. The molecule has 0 radical (unpaired) electrons. The molecule has 0 saturated heterocycles. The Balaban J connectivity index is 1.95. The zero-order valence-electron chi connectivity index (χ0n) is 17.3. The number of carbonyl (C=O) groups is 1. The van der Waals surface area contributed by atoms with E-state index < -0.39 is 5.97 Å². The average Bonchev–Trinajstić information content (AvgIpc) is 2.72. The summed E-state index contributed by atoms with van der Waals surface area (Å²) in [5, 5.41) is 0. The Morgan fingerprint density at radius 3 is 2.21 bits per heavy atom. The molecule has 0 aliphatic carbocycles. The zero-order valence-corrected chi connectivity index (χ0v) is 17.3. The molecule has 4 nitrogen and oxygen atoms in total. The standard InChI is InChI=1S/C24H32O4/c1-4-6-10-18-27-22-11-8-9-12-23(22)28-24(25)21-15-13-20(14-16-21)19(3)26-17-7-5-2/h8-9,11-16,19H,4-7,10,17-18H2,1-3H3. The van der Waals surface area contributed by atoms with Gasteiger partial charge >= 0.3 is 5.97 Å². The third kappa shape index (κ3) is 7.01. The van der Waals surface area contributed by atoms with Gasteiger partial charge in [-0.15, -0.1) is 0 Å². The van der Waals surface area contributed by atoms with Crippen molar-refractivity contribution < 1.29 is 19.0 Å². The highest BCUT2D eigenvalue weighted by Crippen LogP contribution is 2.28. The van der Waals surface area contributed by atoms with E-state index in [-0.39, 0.29) is 6.10 Å². The second-order valence-corrected chi connectivity index (χ2v) is 6.88. The number of hydrogen-bond donors (Lipinski definition) is 0. The van der Waals surface area contributed by atoms with Crippen LogP contribution in [0.25, 0.3) is 0 Å². The number of ether oxygens (including phenoxy) is 3. The van der Waals surface area contributed by atoms with E-state index in [4.69, 9.17) is 14.2 Å². The molecule has 0 saturated carbocycles. The van der Waals surface area contributed by atoms with Crippen LogP contribution >= 0.6 is 0 Å². The number of rotatable bonds is 12. The third-order valence-corrected chi connectivity index (χ3v) is 4.54. The minimum atomic E-state index is -0.393. The lowest BCUT2D eigenvalue weighted by molar-refractivity contribution is 0.0635. The molecule has 0 fully saturated rings. The summed E-state index contributed by atoms with van der Waals surface area (Å²) in [7, 11) is 0. The van der Waals surface area contributed by atoms with E-state index in [0.29, 0.717) is 23.7 Å². The van der Waals surface area contributed by atoms with Crippen molar-refractivity contribution >= 4 is 5.97 Å². The van der Waals surface area contributed by atoms with E-state index >= 15 is 0 Å². The van der Waals surface area contributed by atoms with Crippen molar-refractivity contribution in [2.75, 3.05) is 13.2 Å². The molecule has 0 aliphatic heterocycles. The molecule has 0 spiro atoms. The summed E-state index contributed by atoms with van der Waals surface area (Å²) in [6.07, 6.45) is 5.41. The van der Waals surface area contributed by atoms with Gasteiger partial charge in [0.25, 0.3) is 0 Å². The highest BCUT2D eigenvalue weighted by Gasteiger charge is 2.13. The minimum Gasteiger partial charge on any atom is -0.490 e. The number of unbranched alkanes of at least 4 members (excludes halogenated alkanes) is 3. The fraction of sp³-hybridized carbons (Fsp3) is 0.458. The highest BCUT2D eigenvalue weighted by atomic mass is 16.6. The molecular weight excluding hydrogens is 352 g/mol. The van der Waals surface area contributed by atoms with Gasteiger partial charge in [-0.1, -0.05) is 57.4 Å². The summed E-state index contributed by atoms with van der Waals surface area (Å²) < 4.78 is 17.2. The van der Waals surface area contributed by atoms with Gasteiger partial charge in [0, 0.05) is 6.61 Å². The summed E-state index contributed by atoms with van der Waals surface area (Å²) in [5.74, 6) is 0.654. The first kappa shape index (κ1) is 22.0. The van der Waals surface area contributed by atoms with Gasteiger partial charge in [-0.25, -0.2) is 4.79 Å². The molecule has 0 aromatic heterocycles. The largest absolute Gasteiger partial charge is 0.490 e. The van der Waals surface area contributed by atoms with Crippen LogP contribution in [0.2, 0.25) is 0 Å². The van der Waals surface area contributed by atoms with E-state index in [2.05, 4.69) is 13.8 Å². The molecule has 1 unspecified atom stereocenters. The maximum Gasteiger partial charge on any atom is 0.343 e. The first-order valence-corrected chi connectivity index (χ1v) is 10.3. The predicted molar refractivity (Wildman–Crippen MR) is 112 cm³/mol. The lowest BCUT2D eigenvalue weighted by Gasteiger charge is -2.14. The normalized spacial score (nSPS) is 11.8. The van der Waals surface area contributed by atoms with Gasteiger partial charge in [0.15, 0.2) is 11.5 Å². The van der Waals surface area contributed by atoms with Crippen molar-refractivity contribution in [1.82, 2.24) is 0 Å². The van der Waals surface area contributed by atoms with E-state index in [1.165, 1.54) is 0 Å². The number of esters is 1. The van der Waals surface area contributed by atoms with Gasteiger partial charge in [-0.05, 0) is 49.6 Å². The van der Waals surface area contributed by atoms with Crippen molar-refractivity contribution in [3.8, 4) is 11.5 Å². The Kier molecular flexibility index (Phi) is 9.56. The first-order valence-electron chi connectivity index (χ1n) is 10.3. The van der Waals surface area contributed by atoms with Crippen molar-refractivity contribution in [1.29, 1.82) is 0 Å². The van der Waals surface area contributed by atoms with Crippen LogP contribution in [0.4, 0.5) is 0 Å². The second-order valence-electron chi connectivity index (χ2n) is 6.88. The average molecular weight is 385 g/mol. The Morgan fingerprint density at radius 1 is 0.857 bits per heavy atom. The second kappa shape index (κ2) is 12.2. The molecule has 0 N–H and O–H groups in total. The Hall–Kier alpha value is -2.33. The van der Waals surface area contributed by atoms with Crippen LogP contribution in [0.15, 0.2) is 48.5 Å². The fourth-order valence-corrected chi connectivity index (χ4v) is 2.74. The molecule has 1 atom stereocenters. The Morgan fingerprint density at radius 2 is 1.54 bits per heavy atom. The van der Waals surface area contributed by atoms with Gasteiger partial charge in [0.2, 0.25) is 0 Å². The van der Waals surface area contributed by atoms with Gasteiger partial charge in [0.05, 0.1) is 18.3 Å². The van der Waals surface area contributed by atoms with E-state index in [0.717, 1.165) is 44.3 Å². The number of carbonyl (C=O) groups excluding carboxylic acids is 1. The Labute approximate surface area is 168 Å². The highest BCUT2D eigenvalue weighted by molar-refractivity contribution is 5.91. The molecule has 0 amide bonds. The quantitative estimate of drug-likeness (QED) is 0.243. The predicted octanol–water partition coefficient (Wildman–Crippen LogP) is 6.35. The maximum absolute atomic E-state index is 12.5. The third-order valence-electron chi connectivity index (χ3n) is 4.54. The number of benzene rings is 2. The molecule has 4 heteroatoms. The number of hydrogen-bond acceptors (Lipinski definition) is 4. The van der Waals surface area contributed by atoms with Crippen LogP contribution in [-0.4, -0.2) is 19.2 Å². The van der Waals surface area contributed by atoms with Crippen molar-refractivity contribution in [3.63, 3.8) is 0 Å². The molecule has 0 heterocycles. The molecule has 2 aromatic carbocycles. The van der Waals surface area contributed by atoms with E-state index in [1.807, 2.05) is 37.3 Å². The summed E-state index contributed by atoms with van der Waals surface area (Å²) in [4.78, 5) is 12.5. The van der Waals surface area contributed by atoms with E-state index in [1.54, 1.807) is 18.2 Å². The molecule has 2 aromatic rings. The maximum atomic E-state index is 12.5. The van der Waals surface area contributed by atoms with Crippen LogP contribution in [0.1, 0.15) is 74.9 Å². The van der Waals surface area contributed by atoms with Crippen molar-refractivity contribution in [3.05, 3.63) is 59.7 Å². The van der Waals surface area contributed by atoms with E-state index in [9.17, 15) is 4.79 Å². The molecule has 28 heavy (non-hydrogen) atoms. The van der Waals surface area contributed by atoms with Crippen LogP contribution in [-0.2, 0) is 4.74 Å². The van der Waals surface area contributed by atoms with Crippen molar-refractivity contribution in [2.24, 2.45) is 0 Å². The molecular formula is C24H32O4. The first-order chi connectivity index (χ1) is 13.7. The van der Waals surface area contributed by atoms with Gasteiger partial charge in [-0.2, -0.15) is 0 Å². The number of para-hydroxylation sites is 2. The lowest BCUT2D eigenvalue weighted by Crippen LogP contribution is -2.10. The monoisotopic (exact) mass is 384 g/mol. The summed E-state index contributed by atoms with van der Waals surface area (Å²) in [5.41, 5.74) is 1.55. The van der Waals surface area contributed by atoms with Crippen LogP contribution in [0.5, 0.6) is 11.5 Å². The zero-order chi connectivity index (χ0) is 20.2. The van der Waals surface area contributed by atoms with Crippen LogP contribution in [0.3, 0.4) is 0 Å². The van der Waals surface area contributed by atoms with Gasteiger partial charge in [0.1, 0.15) is 0 Å². The van der Waals surface area contributed by atoms with Crippen LogP contribution in [0, 0.1) is 0 Å². The molecule has 0 bridgehead atoms. The topological polar surface area (TPSA) is 44.8 Å². The minimum absolute atomic E-state index is 0.00821. The smallest absolute Gasteiger partial charge is 0.343 e.